The van der Waals surface area contributed by atoms with Gasteiger partial charge in [-0.2, -0.15) is 0 Å². The lowest BCUT2D eigenvalue weighted by molar-refractivity contribution is 0.0150. The molecule has 100 valence electrons. The highest BCUT2D eigenvalue weighted by molar-refractivity contribution is 7.10. The lowest BCUT2D eigenvalue weighted by atomic mass is 10.0. The highest BCUT2D eigenvalue weighted by Gasteiger charge is 2.41. The molecule has 4 nitrogen and oxygen atoms in total. The van der Waals surface area contributed by atoms with E-state index in [0.29, 0.717) is 19.5 Å². The molecule has 0 bridgehead atoms. The Morgan fingerprint density at radius 2 is 2.28 bits per heavy atom. The molecular weight excluding hydrogens is 250 g/mol. The van der Waals surface area contributed by atoms with E-state index in [1.165, 1.54) is 11.3 Å². The Kier molecular flexibility index (Phi) is 3.38. The zero-order valence-corrected chi connectivity index (χ0v) is 11.8. The lowest BCUT2D eigenvalue weighted by Crippen LogP contribution is -2.37. The Labute approximate surface area is 111 Å². The number of hydrogen-bond donors (Lipinski definition) is 1. The van der Waals surface area contributed by atoms with Crippen LogP contribution in [0.2, 0.25) is 0 Å². The van der Waals surface area contributed by atoms with E-state index in [0.717, 1.165) is 4.88 Å². The molecule has 1 saturated heterocycles. The SMILES string of the molecule is CC(C)(C)OC(=O)N1CCC(O)(c2cccs2)C1. The van der Waals surface area contributed by atoms with Gasteiger partial charge in [0.15, 0.2) is 0 Å². The molecule has 0 spiro atoms. The van der Waals surface area contributed by atoms with Crippen LogP contribution in [0.3, 0.4) is 0 Å². The van der Waals surface area contributed by atoms with Crippen LogP contribution in [0.25, 0.3) is 0 Å². The summed E-state index contributed by atoms with van der Waals surface area (Å²) >= 11 is 1.52. The van der Waals surface area contributed by atoms with Crippen molar-refractivity contribution in [2.24, 2.45) is 0 Å². The van der Waals surface area contributed by atoms with Crippen molar-refractivity contribution in [3.05, 3.63) is 22.4 Å². The average molecular weight is 269 g/mol. The number of amides is 1. The molecule has 0 aliphatic carbocycles. The number of hydrogen-bond acceptors (Lipinski definition) is 4. The van der Waals surface area contributed by atoms with Gasteiger partial charge in [-0.15, -0.1) is 11.3 Å². The van der Waals surface area contributed by atoms with E-state index >= 15 is 0 Å². The summed E-state index contributed by atoms with van der Waals surface area (Å²) in [5.41, 5.74) is -1.41. The van der Waals surface area contributed by atoms with Gasteiger partial charge in [0.05, 0.1) is 6.54 Å². The van der Waals surface area contributed by atoms with Crippen molar-refractivity contribution in [1.82, 2.24) is 4.90 Å². The van der Waals surface area contributed by atoms with Gasteiger partial charge in [-0.1, -0.05) is 6.07 Å². The fourth-order valence-electron chi connectivity index (χ4n) is 2.02. The molecular formula is C13H19NO3S. The summed E-state index contributed by atoms with van der Waals surface area (Å²) in [5, 5.41) is 12.5. The third-order valence-corrected chi connectivity index (χ3v) is 3.94. The van der Waals surface area contributed by atoms with Crippen molar-refractivity contribution >= 4 is 17.4 Å². The minimum absolute atomic E-state index is 0.308. The van der Waals surface area contributed by atoms with Gasteiger partial charge >= 0.3 is 6.09 Å². The van der Waals surface area contributed by atoms with Gasteiger partial charge < -0.3 is 14.7 Å². The smallest absolute Gasteiger partial charge is 0.410 e. The summed E-state index contributed by atoms with van der Waals surface area (Å²) in [6.45, 7) is 6.36. The first-order valence-corrected chi connectivity index (χ1v) is 6.92. The fourth-order valence-corrected chi connectivity index (χ4v) is 2.87. The van der Waals surface area contributed by atoms with Gasteiger partial charge in [0.2, 0.25) is 0 Å². The van der Waals surface area contributed by atoms with Crippen LogP contribution >= 0.6 is 11.3 Å². The van der Waals surface area contributed by atoms with Crippen LogP contribution in [0.5, 0.6) is 0 Å². The first-order valence-electron chi connectivity index (χ1n) is 6.04. The second-order valence-electron chi connectivity index (χ2n) is 5.66. The van der Waals surface area contributed by atoms with Crippen LogP contribution < -0.4 is 0 Å². The minimum atomic E-state index is -0.912. The molecule has 1 aromatic heterocycles. The van der Waals surface area contributed by atoms with Gasteiger partial charge in [0.1, 0.15) is 11.2 Å². The average Bonchev–Trinajstić information content (AvgIpc) is 2.83. The predicted octanol–water partition coefficient (Wildman–Crippen LogP) is 2.58. The van der Waals surface area contributed by atoms with Crippen LogP contribution in [-0.4, -0.2) is 34.8 Å². The summed E-state index contributed by atoms with van der Waals surface area (Å²) in [6.07, 6.45) is 0.210. The Balaban J connectivity index is 2.02. The Morgan fingerprint density at radius 3 is 2.83 bits per heavy atom. The second kappa shape index (κ2) is 4.55. The minimum Gasteiger partial charge on any atom is -0.444 e. The van der Waals surface area contributed by atoms with Crippen LogP contribution in [0.1, 0.15) is 32.1 Å². The Morgan fingerprint density at radius 1 is 1.56 bits per heavy atom. The first kappa shape index (κ1) is 13.4. The third-order valence-electron chi connectivity index (χ3n) is 2.88. The standard InChI is InChI=1S/C13H19NO3S/c1-12(2,3)17-11(15)14-7-6-13(16,9-14)10-5-4-8-18-10/h4-5,8,16H,6-7,9H2,1-3H3. The third kappa shape index (κ3) is 2.84. The zero-order valence-electron chi connectivity index (χ0n) is 11.0. The maximum absolute atomic E-state index is 11.9. The molecule has 0 saturated carbocycles. The van der Waals surface area contributed by atoms with Crippen molar-refractivity contribution in [2.45, 2.75) is 38.4 Å². The lowest BCUT2D eigenvalue weighted by Gasteiger charge is -2.26. The number of β-amino-alcohol motifs (C(OH)–C–C–N with tert-alkyl or cyclic N) is 1. The number of carbonyl (C=O) groups excluding carboxylic acids is 1. The monoisotopic (exact) mass is 269 g/mol. The van der Waals surface area contributed by atoms with E-state index in [4.69, 9.17) is 4.74 Å². The Bertz CT molecular complexity index is 424. The fraction of sp³-hybridized carbons (Fsp3) is 0.615. The normalized spacial score (nSPS) is 24.3. The molecule has 1 unspecified atom stereocenters. The van der Waals surface area contributed by atoms with Crippen molar-refractivity contribution < 1.29 is 14.6 Å². The number of likely N-dealkylation sites (tertiary alicyclic amines) is 1. The molecule has 0 radical (unpaired) electrons. The van der Waals surface area contributed by atoms with Gasteiger partial charge in [0, 0.05) is 17.8 Å². The largest absolute Gasteiger partial charge is 0.444 e. The van der Waals surface area contributed by atoms with Crippen molar-refractivity contribution in [3.63, 3.8) is 0 Å². The molecule has 1 aliphatic rings. The summed E-state index contributed by atoms with van der Waals surface area (Å²) in [7, 11) is 0. The number of ether oxygens (including phenoxy) is 1. The van der Waals surface area contributed by atoms with Crippen LogP contribution in [-0.2, 0) is 10.3 Å². The maximum Gasteiger partial charge on any atom is 0.410 e. The van der Waals surface area contributed by atoms with Gasteiger partial charge in [-0.05, 0) is 32.2 Å². The Hall–Kier alpha value is -1.07. The number of rotatable bonds is 1. The molecule has 1 aliphatic heterocycles. The molecule has 0 aromatic carbocycles. The van der Waals surface area contributed by atoms with E-state index in [2.05, 4.69) is 0 Å². The predicted molar refractivity (Wildman–Crippen MR) is 70.6 cm³/mol. The molecule has 1 atom stereocenters. The van der Waals surface area contributed by atoms with E-state index in [1.807, 2.05) is 38.3 Å². The molecule has 18 heavy (non-hydrogen) atoms. The van der Waals surface area contributed by atoms with Crippen molar-refractivity contribution in [2.75, 3.05) is 13.1 Å². The van der Waals surface area contributed by atoms with Crippen molar-refractivity contribution in [1.29, 1.82) is 0 Å². The first-order chi connectivity index (χ1) is 8.30. The summed E-state index contributed by atoms with van der Waals surface area (Å²) < 4.78 is 5.31. The summed E-state index contributed by atoms with van der Waals surface area (Å²) in [5.74, 6) is 0. The number of aliphatic hydroxyl groups is 1. The quantitative estimate of drug-likeness (QED) is 0.852. The van der Waals surface area contributed by atoms with Gasteiger partial charge in [0.25, 0.3) is 0 Å². The number of nitrogens with zero attached hydrogens (tertiary/aromatic N) is 1. The van der Waals surface area contributed by atoms with Crippen LogP contribution in [0, 0.1) is 0 Å². The summed E-state index contributed by atoms with van der Waals surface area (Å²) in [4.78, 5) is 14.4. The van der Waals surface area contributed by atoms with Crippen molar-refractivity contribution in [3.8, 4) is 0 Å². The summed E-state index contributed by atoms with van der Waals surface area (Å²) in [6, 6.07) is 3.82. The zero-order chi connectivity index (χ0) is 13.4. The number of carbonyl (C=O) groups is 1. The number of thiophene rings is 1. The topological polar surface area (TPSA) is 49.8 Å². The molecule has 5 heteroatoms. The molecule has 2 rings (SSSR count). The van der Waals surface area contributed by atoms with E-state index in [9.17, 15) is 9.90 Å². The molecule has 1 aromatic rings. The van der Waals surface area contributed by atoms with E-state index < -0.39 is 11.2 Å². The van der Waals surface area contributed by atoms with Gasteiger partial charge in [-0.25, -0.2) is 4.79 Å². The highest BCUT2D eigenvalue weighted by atomic mass is 32.1. The van der Waals surface area contributed by atoms with Gasteiger partial charge in [-0.3, -0.25) is 0 Å². The van der Waals surface area contributed by atoms with E-state index in [1.54, 1.807) is 4.90 Å². The highest BCUT2D eigenvalue weighted by Crippen LogP contribution is 2.35. The molecule has 2 heterocycles. The second-order valence-corrected chi connectivity index (χ2v) is 6.61. The molecule has 1 fully saturated rings. The van der Waals surface area contributed by atoms with Crippen LogP contribution in [0.15, 0.2) is 17.5 Å². The van der Waals surface area contributed by atoms with E-state index in [-0.39, 0.29) is 6.09 Å². The molecule has 1 N–H and O–H groups in total. The van der Waals surface area contributed by atoms with Crippen LogP contribution in [0.4, 0.5) is 4.79 Å². The maximum atomic E-state index is 11.9. The molecule has 1 amide bonds.